The van der Waals surface area contributed by atoms with E-state index in [1.54, 1.807) is 24.3 Å². The van der Waals surface area contributed by atoms with Crippen LogP contribution in [0.1, 0.15) is 18.9 Å². The van der Waals surface area contributed by atoms with Gasteiger partial charge < -0.3 is 4.74 Å². The van der Waals surface area contributed by atoms with Crippen LogP contribution in [-0.4, -0.2) is 36.3 Å². The van der Waals surface area contributed by atoms with Gasteiger partial charge in [-0.3, -0.25) is 10.2 Å². The van der Waals surface area contributed by atoms with Gasteiger partial charge in [-0.1, -0.05) is 12.1 Å². The molecule has 1 aliphatic rings. The number of ether oxygens (including phenoxy) is 1. The first kappa shape index (κ1) is 15.6. The molecule has 0 aliphatic carbocycles. The van der Waals surface area contributed by atoms with Crippen LogP contribution in [0.5, 0.6) is 5.75 Å². The van der Waals surface area contributed by atoms with Crippen LogP contribution >= 0.6 is 0 Å². The molecule has 21 heavy (non-hydrogen) atoms. The fraction of sp³-hybridized carbons (Fsp3) is 0.500. The van der Waals surface area contributed by atoms with Gasteiger partial charge in [0.15, 0.2) is 0 Å². The van der Waals surface area contributed by atoms with Gasteiger partial charge in [0.2, 0.25) is 5.91 Å². The van der Waals surface area contributed by atoms with Crippen LogP contribution in [0.3, 0.4) is 0 Å². The number of nitrogens with zero attached hydrogens (tertiary/aromatic N) is 1. The summed E-state index contributed by atoms with van der Waals surface area (Å²) in [6, 6.07) is 4.80. The summed E-state index contributed by atoms with van der Waals surface area (Å²) in [6.45, 7) is 2.41. The zero-order chi connectivity index (χ0) is 15.5. The molecule has 1 heterocycles. The van der Waals surface area contributed by atoms with Gasteiger partial charge in [0.1, 0.15) is 11.8 Å². The van der Waals surface area contributed by atoms with Gasteiger partial charge in [-0.05, 0) is 31.0 Å². The van der Waals surface area contributed by atoms with Crippen molar-refractivity contribution < 1.29 is 22.7 Å². The average molecular weight is 302 g/mol. The Bertz CT molecular complexity index is 488. The summed E-state index contributed by atoms with van der Waals surface area (Å²) in [5.41, 5.74) is 2.81. The standard InChI is InChI=1S/C14H17F3N2O2/c1-2-21-11-5-3-10(4-6-11)9-12(14(15,16)17)19-8-7-13(20)18-19/h3-6,12H,2,7-9H2,1H3,(H,18,20). The Balaban J connectivity index is 2.09. The highest BCUT2D eigenvalue weighted by Gasteiger charge is 2.45. The second kappa shape index (κ2) is 6.34. The molecular weight excluding hydrogens is 285 g/mol. The van der Waals surface area contributed by atoms with E-state index in [2.05, 4.69) is 5.43 Å². The zero-order valence-electron chi connectivity index (χ0n) is 11.6. The van der Waals surface area contributed by atoms with Crippen LogP contribution in [0.25, 0.3) is 0 Å². The van der Waals surface area contributed by atoms with Gasteiger partial charge in [0.25, 0.3) is 0 Å². The number of halogens is 3. The van der Waals surface area contributed by atoms with E-state index in [0.29, 0.717) is 17.9 Å². The van der Waals surface area contributed by atoms with Crippen molar-refractivity contribution in [2.75, 3.05) is 13.2 Å². The minimum absolute atomic E-state index is 0.0695. The molecule has 1 aromatic rings. The quantitative estimate of drug-likeness (QED) is 0.907. The highest BCUT2D eigenvalue weighted by atomic mass is 19.4. The Morgan fingerprint density at radius 1 is 1.33 bits per heavy atom. The van der Waals surface area contributed by atoms with E-state index in [1.165, 1.54) is 0 Å². The van der Waals surface area contributed by atoms with E-state index in [4.69, 9.17) is 4.74 Å². The third kappa shape index (κ3) is 4.10. The maximum Gasteiger partial charge on any atom is 0.406 e. The third-order valence-corrected chi connectivity index (χ3v) is 3.27. The molecule has 1 unspecified atom stereocenters. The molecule has 1 amide bonds. The van der Waals surface area contributed by atoms with Crippen molar-refractivity contribution in [3.8, 4) is 5.75 Å². The lowest BCUT2D eigenvalue weighted by atomic mass is 10.0. The molecular formula is C14H17F3N2O2. The first-order valence-corrected chi connectivity index (χ1v) is 6.74. The van der Waals surface area contributed by atoms with E-state index in [9.17, 15) is 18.0 Å². The van der Waals surface area contributed by atoms with E-state index >= 15 is 0 Å². The molecule has 0 radical (unpaired) electrons. The van der Waals surface area contributed by atoms with Crippen LogP contribution < -0.4 is 10.2 Å². The number of benzene rings is 1. The molecule has 0 aromatic heterocycles. The fourth-order valence-corrected chi connectivity index (χ4v) is 2.24. The van der Waals surface area contributed by atoms with E-state index in [-0.39, 0.29) is 25.3 Å². The molecule has 1 N–H and O–H groups in total. The fourth-order valence-electron chi connectivity index (χ4n) is 2.24. The van der Waals surface area contributed by atoms with Crippen LogP contribution in [0.2, 0.25) is 0 Å². The molecule has 0 bridgehead atoms. The van der Waals surface area contributed by atoms with E-state index in [0.717, 1.165) is 5.01 Å². The first-order valence-electron chi connectivity index (χ1n) is 6.74. The van der Waals surface area contributed by atoms with Crippen LogP contribution in [0.15, 0.2) is 24.3 Å². The van der Waals surface area contributed by atoms with Gasteiger partial charge in [0.05, 0.1) is 6.61 Å². The van der Waals surface area contributed by atoms with Crippen molar-refractivity contribution in [2.45, 2.75) is 32.0 Å². The zero-order valence-corrected chi connectivity index (χ0v) is 11.6. The number of nitrogens with one attached hydrogen (secondary N) is 1. The van der Waals surface area contributed by atoms with Crippen molar-refractivity contribution in [1.82, 2.24) is 10.4 Å². The topological polar surface area (TPSA) is 41.6 Å². The second-order valence-corrected chi connectivity index (χ2v) is 4.82. The lowest BCUT2D eigenvalue weighted by Gasteiger charge is -2.29. The molecule has 2 rings (SSSR count). The molecule has 1 aromatic carbocycles. The van der Waals surface area contributed by atoms with E-state index < -0.39 is 12.2 Å². The normalized spacial score (nSPS) is 17.6. The summed E-state index contributed by atoms with van der Waals surface area (Å²) in [5.74, 6) is 0.246. The largest absolute Gasteiger partial charge is 0.494 e. The Morgan fingerprint density at radius 2 is 2.00 bits per heavy atom. The van der Waals surface area contributed by atoms with Crippen molar-refractivity contribution in [3.05, 3.63) is 29.8 Å². The monoisotopic (exact) mass is 302 g/mol. The summed E-state index contributed by atoms with van der Waals surface area (Å²) in [6.07, 6.45) is -4.53. The molecule has 1 atom stereocenters. The van der Waals surface area contributed by atoms with Crippen molar-refractivity contribution >= 4 is 5.91 Å². The van der Waals surface area contributed by atoms with Crippen molar-refractivity contribution in [2.24, 2.45) is 0 Å². The highest BCUT2D eigenvalue weighted by Crippen LogP contribution is 2.28. The Labute approximate surface area is 120 Å². The molecule has 1 fully saturated rings. The summed E-state index contributed by atoms with van der Waals surface area (Å²) in [4.78, 5) is 11.1. The van der Waals surface area contributed by atoms with Gasteiger partial charge in [-0.2, -0.15) is 13.2 Å². The minimum atomic E-state index is -4.41. The third-order valence-electron chi connectivity index (χ3n) is 3.27. The lowest BCUT2D eigenvalue weighted by Crippen LogP contribution is -2.51. The van der Waals surface area contributed by atoms with Crippen LogP contribution in [0.4, 0.5) is 13.2 Å². The summed E-state index contributed by atoms with van der Waals surface area (Å²) in [5, 5.41) is 0.971. The number of amides is 1. The number of hydrogen-bond acceptors (Lipinski definition) is 3. The highest BCUT2D eigenvalue weighted by molar-refractivity contribution is 5.77. The predicted molar refractivity (Wildman–Crippen MR) is 70.6 cm³/mol. The average Bonchev–Trinajstić information content (AvgIpc) is 2.83. The molecule has 0 saturated carbocycles. The smallest absolute Gasteiger partial charge is 0.406 e. The molecule has 4 nitrogen and oxygen atoms in total. The molecule has 1 aliphatic heterocycles. The Kier molecular flexibility index (Phi) is 4.72. The van der Waals surface area contributed by atoms with Crippen LogP contribution in [-0.2, 0) is 11.2 Å². The van der Waals surface area contributed by atoms with Crippen molar-refractivity contribution in [3.63, 3.8) is 0 Å². The molecule has 1 saturated heterocycles. The maximum absolute atomic E-state index is 13.2. The van der Waals surface area contributed by atoms with Gasteiger partial charge >= 0.3 is 6.18 Å². The van der Waals surface area contributed by atoms with Crippen molar-refractivity contribution in [1.29, 1.82) is 0 Å². The summed E-state index contributed by atoms with van der Waals surface area (Å²) in [7, 11) is 0. The molecule has 116 valence electrons. The Morgan fingerprint density at radius 3 is 2.48 bits per heavy atom. The second-order valence-electron chi connectivity index (χ2n) is 4.82. The summed E-state index contributed by atoms with van der Waals surface area (Å²) < 4.78 is 44.8. The minimum Gasteiger partial charge on any atom is -0.494 e. The Hall–Kier alpha value is -1.76. The number of hydrogen-bond donors (Lipinski definition) is 1. The van der Waals surface area contributed by atoms with Gasteiger partial charge in [0, 0.05) is 13.0 Å². The summed E-state index contributed by atoms with van der Waals surface area (Å²) >= 11 is 0. The van der Waals surface area contributed by atoms with E-state index in [1.807, 2.05) is 6.92 Å². The van der Waals surface area contributed by atoms with Gasteiger partial charge in [-0.15, -0.1) is 0 Å². The maximum atomic E-state index is 13.2. The number of alkyl halides is 3. The number of rotatable bonds is 5. The van der Waals surface area contributed by atoms with Gasteiger partial charge in [-0.25, -0.2) is 5.01 Å². The lowest BCUT2D eigenvalue weighted by molar-refractivity contribution is -0.187. The molecule has 7 heteroatoms. The predicted octanol–water partition coefficient (Wildman–Crippen LogP) is 2.30. The number of hydrazine groups is 1. The first-order chi connectivity index (χ1) is 9.90. The SMILES string of the molecule is CCOc1ccc(CC(N2CCC(=O)N2)C(F)(F)F)cc1. The number of carbonyl (C=O) groups is 1. The number of carbonyl (C=O) groups excluding carboxylic acids is 1. The van der Waals surface area contributed by atoms with Crippen LogP contribution in [0, 0.1) is 0 Å². The molecule has 0 spiro atoms.